The van der Waals surface area contributed by atoms with Crippen molar-refractivity contribution < 1.29 is 9.53 Å². The van der Waals surface area contributed by atoms with Gasteiger partial charge in [-0.25, -0.2) is 4.98 Å². The molecule has 0 N–H and O–H groups in total. The van der Waals surface area contributed by atoms with Gasteiger partial charge in [0.05, 0.1) is 6.54 Å². The average Bonchev–Trinajstić information content (AvgIpc) is 2.77. The zero-order valence-corrected chi connectivity index (χ0v) is 13.3. The number of amides is 1. The van der Waals surface area contributed by atoms with E-state index in [1.54, 1.807) is 7.11 Å². The highest BCUT2D eigenvalue weighted by Crippen LogP contribution is 2.12. The van der Waals surface area contributed by atoms with Crippen molar-refractivity contribution in [2.45, 2.75) is 32.9 Å². The Kier molecular flexibility index (Phi) is 5.76. The largest absolute Gasteiger partial charge is 0.375 e. The van der Waals surface area contributed by atoms with E-state index in [4.69, 9.17) is 4.74 Å². The molecule has 6 nitrogen and oxygen atoms in total. The molecule has 6 heteroatoms. The summed E-state index contributed by atoms with van der Waals surface area (Å²) in [6.07, 6.45) is 4.89. The second kappa shape index (κ2) is 7.56. The molecule has 0 spiro atoms. The first kappa shape index (κ1) is 16.0. The number of ether oxygens (including phenoxy) is 1. The van der Waals surface area contributed by atoms with Gasteiger partial charge in [-0.2, -0.15) is 0 Å². The van der Waals surface area contributed by atoms with Crippen LogP contribution >= 0.6 is 0 Å². The van der Waals surface area contributed by atoms with Crippen molar-refractivity contribution >= 4 is 5.91 Å². The molecule has 1 aromatic rings. The molecule has 1 aliphatic rings. The first-order valence-electron chi connectivity index (χ1n) is 7.62. The molecule has 0 aliphatic carbocycles. The van der Waals surface area contributed by atoms with Crippen molar-refractivity contribution in [1.82, 2.24) is 19.4 Å². The maximum absolute atomic E-state index is 11.9. The monoisotopic (exact) mass is 294 g/mol. The van der Waals surface area contributed by atoms with Gasteiger partial charge in [0.1, 0.15) is 12.4 Å². The van der Waals surface area contributed by atoms with E-state index in [9.17, 15) is 4.79 Å². The molecule has 1 aromatic heterocycles. The Labute approximate surface area is 126 Å². The number of methoxy groups -OCH3 is 1. The Morgan fingerprint density at radius 1 is 1.33 bits per heavy atom. The van der Waals surface area contributed by atoms with Gasteiger partial charge in [-0.3, -0.25) is 9.69 Å². The van der Waals surface area contributed by atoms with Gasteiger partial charge < -0.3 is 14.2 Å². The summed E-state index contributed by atoms with van der Waals surface area (Å²) < 4.78 is 7.14. The fourth-order valence-corrected chi connectivity index (χ4v) is 2.73. The Bertz CT molecular complexity index is 458. The van der Waals surface area contributed by atoms with E-state index in [1.807, 2.05) is 17.3 Å². The number of hydrogen-bond acceptors (Lipinski definition) is 4. The molecule has 0 atom stereocenters. The Morgan fingerprint density at radius 2 is 2.14 bits per heavy atom. The van der Waals surface area contributed by atoms with E-state index in [1.165, 1.54) is 0 Å². The maximum atomic E-state index is 11.9. The van der Waals surface area contributed by atoms with Crippen LogP contribution in [0.15, 0.2) is 12.4 Å². The van der Waals surface area contributed by atoms with Crippen LogP contribution in [-0.2, 0) is 16.1 Å². The highest BCUT2D eigenvalue weighted by molar-refractivity contribution is 5.77. The van der Waals surface area contributed by atoms with Gasteiger partial charge in [-0.05, 0) is 20.3 Å². The van der Waals surface area contributed by atoms with Gasteiger partial charge in [0.15, 0.2) is 0 Å². The van der Waals surface area contributed by atoms with Crippen molar-refractivity contribution in [2.75, 3.05) is 39.9 Å². The highest BCUT2D eigenvalue weighted by Gasteiger charge is 2.20. The molecular formula is C15H26N4O2. The van der Waals surface area contributed by atoms with Gasteiger partial charge in [-0.15, -0.1) is 0 Å². The SMILES string of the molecule is COCC(=O)N1CCCN(Cc2nccn2C(C)C)CC1. The molecule has 118 valence electrons. The molecule has 0 aromatic carbocycles. The van der Waals surface area contributed by atoms with Crippen LogP contribution in [0.4, 0.5) is 0 Å². The predicted octanol–water partition coefficient (Wildman–Crippen LogP) is 1.14. The number of carbonyl (C=O) groups is 1. The molecule has 1 amide bonds. The summed E-state index contributed by atoms with van der Waals surface area (Å²) >= 11 is 0. The fourth-order valence-electron chi connectivity index (χ4n) is 2.73. The normalized spacial score (nSPS) is 17.2. The maximum Gasteiger partial charge on any atom is 0.248 e. The lowest BCUT2D eigenvalue weighted by molar-refractivity contribution is -0.135. The van der Waals surface area contributed by atoms with Crippen LogP contribution in [0.1, 0.15) is 32.1 Å². The summed E-state index contributed by atoms with van der Waals surface area (Å²) in [6, 6.07) is 0.425. The molecule has 0 radical (unpaired) electrons. The second-order valence-electron chi connectivity index (χ2n) is 5.79. The lowest BCUT2D eigenvalue weighted by Crippen LogP contribution is -2.37. The van der Waals surface area contributed by atoms with E-state index in [-0.39, 0.29) is 12.5 Å². The third-order valence-corrected chi connectivity index (χ3v) is 3.88. The van der Waals surface area contributed by atoms with Crippen molar-refractivity contribution in [3.63, 3.8) is 0 Å². The highest BCUT2D eigenvalue weighted by atomic mass is 16.5. The molecule has 0 saturated carbocycles. The van der Waals surface area contributed by atoms with Gasteiger partial charge in [0, 0.05) is 51.7 Å². The van der Waals surface area contributed by atoms with Crippen molar-refractivity contribution in [3.05, 3.63) is 18.2 Å². The zero-order valence-electron chi connectivity index (χ0n) is 13.3. The molecular weight excluding hydrogens is 268 g/mol. The van der Waals surface area contributed by atoms with E-state index in [0.717, 1.165) is 45.0 Å². The molecule has 0 bridgehead atoms. The van der Waals surface area contributed by atoms with Crippen molar-refractivity contribution in [3.8, 4) is 0 Å². The summed E-state index contributed by atoms with van der Waals surface area (Å²) in [5, 5.41) is 0. The molecule has 1 fully saturated rings. The minimum atomic E-state index is 0.0861. The molecule has 0 unspecified atom stereocenters. The van der Waals surface area contributed by atoms with E-state index in [2.05, 4.69) is 28.3 Å². The number of rotatable bonds is 5. The van der Waals surface area contributed by atoms with Gasteiger partial charge in [0.25, 0.3) is 0 Å². The summed E-state index contributed by atoms with van der Waals surface area (Å²) in [5.41, 5.74) is 0. The number of imidazole rings is 1. The molecule has 21 heavy (non-hydrogen) atoms. The minimum absolute atomic E-state index is 0.0861. The first-order chi connectivity index (χ1) is 10.1. The van der Waals surface area contributed by atoms with Gasteiger partial charge in [0.2, 0.25) is 5.91 Å². The lowest BCUT2D eigenvalue weighted by Gasteiger charge is -2.22. The van der Waals surface area contributed by atoms with Gasteiger partial charge >= 0.3 is 0 Å². The molecule has 2 heterocycles. The minimum Gasteiger partial charge on any atom is -0.375 e. The third-order valence-electron chi connectivity index (χ3n) is 3.88. The number of nitrogens with zero attached hydrogens (tertiary/aromatic N) is 4. The summed E-state index contributed by atoms with van der Waals surface area (Å²) in [6.45, 7) is 8.83. The van der Waals surface area contributed by atoms with Crippen molar-refractivity contribution in [1.29, 1.82) is 0 Å². The Morgan fingerprint density at radius 3 is 2.86 bits per heavy atom. The van der Waals surface area contributed by atoms with Crippen LogP contribution in [0.5, 0.6) is 0 Å². The standard InChI is InChI=1S/C15H26N4O2/c1-13(2)19-8-5-16-14(19)11-17-6-4-7-18(10-9-17)15(20)12-21-3/h5,8,13H,4,6-7,9-12H2,1-3H3. The van der Waals surface area contributed by atoms with E-state index >= 15 is 0 Å². The number of carbonyl (C=O) groups excluding carboxylic acids is 1. The van der Waals surface area contributed by atoms with Crippen LogP contribution < -0.4 is 0 Å². The van der Waals surface area contributed by atoms with Crippen LogP contribution in [0, 0.1) is 0 Å². The Hall–Kier alpha value is -1.40. The second-order valence-corrected chi connectivity index (χ2v) is 5.79. The van der Waals surface area contributed by atoms with Crippen LogP contribution in [0.3, 0.4) is 0 Å². The molecule has 2 rings (SSSR count). The summed E-state index contributed by atoms with van der Waals surface area (Å²) in [4.78, 5) is 20.6. The van der Waals surface area contributed by atoms with E-state index < -0.39 is 0 Å². The van der Waals surface area contributed by atoms with E-state index in [0.29, 0.717) is 6.04 Å². The topological polar surface area (TPSA) is 50.6 Å². The molecule has 1 aliphatic heterocycles. The first-order valence-corrected chi connectivity index (χ1v) is 7.62. The van der Waals surface area contributed by atoms with Crippen molar-refractivity contribution in [2.24, 2.45) is 0 Å². The molecule has 1 saturated heterocycles. The smallest absolute Gasteiger partial charge is 0.248 e. The quantitative estimate of drug-likeness (QED) is 0.817. The fraction of sp³-hybridized carbons (Fsp3) is 0.733. The summed E-state index contributed by atoms with van der Waals surface area (Å²) in [5.74, 6) is 1.18. The predicted molar refractivity (Wildman–Crippen MR) is 81.0 cm³/mol. The zero-order chi connectivity index (χ0) is 15.2. The summed E-state index contributed by atoms with van der Waals surface area (Å²) in [7, 11) is 1.56. The number of aromatic nitrogens is 2. The van der Waals surface area contributed by atoms with Crippen LogP contribution in [0.2, 0.25) is 0 Å². The Balaban J connectivity index is 1.91. The van der Waals surface area contributed by atoms with Gasteiger partial charge in [-0.1, -0.05) is 0 Å². The third kappa shape index (κ3) is 4.28. The number of hydrogen-bond donors (Lipinski definition) is 0. The van der Waals surface area contributed by atoms with Crippen LogP contribution in [0.25, 0.3) is 0 Å². The lowest BCUT2D eigenvalue weighted by atomic mass is 10.3. The average molecular weight is 294 g/mol. The van der Waals surface area contributed by atoms with Crippen LogP contribution in [-0.4, -0.2) is 65.2 Å².